The van der Waals surface area contributed by atoms with E-state index in [-0.39, 0.29) is 11.8 Å². The molecule has 0 fully saturated rings. The van der Waals surface area contributed by atoms with Gasteiger partial charge in [-0.1, -0.05) is 6.07 Å². The van der Waals surface area contributed by atoms with E-state index in [9.17, 15) is 4.79 Å². The van der Waals surface area contributed by atoms with Crippen LogP contribution in [0.25, 0.3) is 0 Å². The summed E-state index contributed by atoms with van der Waals surface area (Å²) in [5.41, 5.74) is 1.18. The minimum absolute atomic E-state index is 0.0364. The zero-order valence-electron chi connectivity index (χ0n) is 10.7. The largest absolute Gasteiger partial charge is 0.310 e. The van der Waals surface area contributed by atoms with Crippen molar-refractivity contribution in [2.24, 2.45) is 5.92 Å². The van der Waals surface area contributed by atoms with Gasteiger partial charge in [-0.3, -0.25) is 4.79 Å². The molecule has 2 aromatic heterocycles. The van der Waals surface area contributed by atoms with Gasteiger partial charge in [0, 0.05) is 17.0 Å². The molecule has 2 heterocycles. The SMILES string of the molecule is Cc1nc2c(s1)CC(C(=O)Nc1ccccn1)CC2. The van der Waals surface area contributed by atoms with E-state index in [1.54, 1.807) is 17.5 Å². The molecule has 0 aliphatic heterocycles. The number of thiazole rings is 1. The molecule has 98 valence electrons. The Morgan fingerprint density at radius 1 is 1.47 bits per heavy atom. The Labute approximate surface area is 115 Å². The van der Waals surface area contributed by atoms with E-state index >= 15 is 0 Å². The highest BCUT2D eigenvalue weighted by molar-refractivity contribution is 7.11. The van der Waals surface area contributed by atoms with Gasteiger partial charge in [0.15, 0.2) is 0 Å². The summed E-state index contributed by atoms with van der Waals surface area (Å²) < 4.78 is 0. The molecule has 19 heavy (non-hydrogen) atoms. The summed E-state index contributed by atoms with van der Waals surface area (Å²) in [5, 5.41) is 3.98. The molecule has 1 aliphatic carbocycles. The minimum Gasteiger partial charge on any atom is -0.310 e. The maximum Gasteiger partial charge on any atom is 0.229 e. The lowest BCUT2D eigenvalue weighted by Gasteiger charge is -2.20. The van der Waals surface area contributed by atoms with E-state index < -0.39 is 0 Å². The van der Waals surface area contributed by atoms with Crippen LogP contribution in [0.2, 0.25) is 0 Å². The molecule has 2 aromatic rings. The second kappa shape index (κ2) is 5.09. The van der Waals surface area contributed by atoms with E-state index in [2.05, 4.69) is 15.3 Å². The summed E-state index contributed by atoms with van der Waals surface area (Å²) in [6.07, 6.45) is 4.26. The van der Waals surface area contributed by atoms with Crippen molar-refractivity contribution in [2.75, 3.05) is 5.32 Å². The lowest BCUT2D eigenvalue weighted by atomic mass is 9.90. The maximum atomic E-state index is 12.2. The van der Waals surface area contributed by atoms with Gasteiger partial charge >= 0.3 is 0 Å². The molecule has 1 N–H and O–H groups in total. The zero-order valence-corrected chi connectivity index (χ0v) is 11.5. The molecule has 1 atom stereocenters. The lowest BCUT2D eigenvalue weighted by Crippen LogP contribution is -2.28. The Morgan fingerprint density at radius 2 is 2.37 bits per heavy atom. The summed E-state index contributed by atoms with van der Waals surface area (Å²) in [7, 11) is 0. The summed E-state index contributed by atoms with van der Waals surface area (Å²) in [5.74, 6) is 0.726. The third-order valence-corrected chi connectivity index (χ3v) is 4.37. The smallest absolute Gasteiger partial charge is 0.229 e. The molecule has 4 nitrogen and oxygen atoms in total. The van der Waals surface area contributed by atoms with Crippen LogP contribution in [-0.4, -0.2) is 15.9 Å². The molecule has 0 spiro atoms. The van der Waals surface area contributed by atoms with Gasteiger partial charge in [0.25, 0.3) is 0 Å². The van der Waals surface area contributed by atoms with E-state index in [1.807, 2.05) is 25.1 Å². The number of hydrogen-bond acceptors (Lipinski definition) is 4. The van der Waals surface area contributed by atoms with Crippen molar-refractivity contribution < 1.29 is 4.79 Å². The number of nitrogens with zero attached hydrogens (tertiary/aromatic N) is 2. The summed E-state index contributed by atoms with van der Waals surface area (Å²) in [6, 6.07) is 5.51. The van der Waals surface area contributed by atoms with E-state index in [0.29, 0.717) is 5.82 Å². The standard InChI is InChI=1S/C14H15N3OS/c1-9-16-11-6-5-10(8-12(11)19-9)14(18)17-13-4-2-3-7-15-13/h2-4,7,10H,5-6,8H2,1H3,(H,15,17,18). The zero-order chi connectivity index (χ0) is 13.2. The number of fused-ring (bicyclic) bond motifs is 1. The van der Waals surface area contributed by atoms with Gasteiger partial charge in [0.1, 0.15) is 5.82 Å². The van der Waals surface area contributed by atoms with Crippen LogP contribution >= 0.6 is 11.3 Å². The first-order valence-corrected chi connectivity index (χ1v) is 7.21. The van der Waals surface area contributed by atoms with Crippen molar-refractivity contribution in [3.8, 4) is 0 Å². The number of pyridine rings is 1. The van der Waals surface area contributed by atoms with Crippen molar-refractivity contribution >= 4 is 23.1 Å². The highest BCUT2D eigenvalue weighted by atomic mass is 32.1. The van der Waals surface area contributed by atoms with Gasteiger partial charge < -0.3 is 5.32 Å². The van der Waals surface area contributed by atoms with Gasteiger partial charge in [-0.25, -0.2) is 9.97 Å². The number of carbonyl (C=O) groups excluding carboxylic acids is 1. The second-order valence-electron chi connectivity index (χ2n) is 4.75. The van der Waals surface area contributed by atoms with Gasteiger partial charge in [-0.2, -0.15) is 0 Å². The van der Waals surface area contributed by atoms with Crippen molar-refractivity contribution in [3.63, 3.8) is 0 Å². The number of hydrogen-bond donors (Lipinski definition) is 1. The van der Waals surface area contributed by atoms with Gasteiger partial charge in [0.2, 0.25) is 5.91 Å². The molecule has 0 radical (unpaired) electrons. The highest BCUT2D eigenvalue weighted by Gasteiger charge is 2.27. The van der Waals surface area contributed by atoms with Crippen molar-refractivity contribution in [1.29, 1.82) is 0 Å². The van der Waals surface area contributed by atoms with Crippen molar-refractivity contribution in [2.45, 2.75) is 26.2 Å². The first-order chi connectivity index (χ1) is 9.22. The molecule has 3 rings (SSSR count). The molecular weight excluding hydrogens is 258 g/mol. The number of aromatic nitrogens is 2. The van der Waals surface area contributed by atoms with Crippen molar-refractivity contribution in [3.05, 3.63) is 40.0 Å². The molecule has 0 saturated carbocycles. The van der Waals surface area contributed by atoms with Crippen LogP contribution in [-0.2, 0) is 17.6 Å². The van der Waals surface area contributed by atoms with Crippen LogP contribution in [0, 0.1) is 12.8 Å². The highest BCUT2D eigenvalue weighted by Crippen LogP contribution is 2.30. The Morgan fingerprint density at radius 3 is 3.16 bits per heavy atom. The number of carbonyl (C=O) groups is 1. The molecular formula is C14H15N3OS. The second-order valence-corrected chi connectivity index (χ2v) is 6.03. The van der Waals surface area contributed by atoms with Gasteiger partial charge in [-0.05, 0) is 38.3 Å². The summed E-state index contributed by atoms with van der Waals surface area (Å²) in [4.78, 5) is 22.1. The van der Waals surface area contributed by atoms with Gasteiger partial charge in [0.05, 0.1) is 10.7 Å². The monoisotopic (exact) mass is 273 g/mol. The van der Waals surface area contributed by atoms with E-state index in [4.69, 9.17) is 0 Å². The normalized spacial score (nSPS) is 17.8. The molecule has 0 aromatic carbocycles. The van der Waals surface area contributed by atoms with Crippen LogP contribution in [0.3, 0.4) is 0 Å². The van der Waals surface area contributed by atoms with Crippen LogP contribution in [0.5, 0.6) is 0 Å². The predicted octanol–water partition coefficient (Wildman–Crippen LogP) is 2.59. The van der Waals surface area contributed by atoms with E-state index in [0.717, 1.165) is 24.3 Å². The quantitative estimate of drug-likeness (QED) is 0.915. The van der Waals surface area contributed by atoms with Gasteiger partial charge in [-0.15, -0.1) is 11.3 Å². The first kappa shape index (κ1) is 12.3. The van der Waals surface area contributed by atoms with Crippen LogP contribution in [0.1, 0.15) is 22.0 Å². The van der Waals surface area contributed by atoms with Crippen LogP contribution < -0.4 is 5.32 Å². The fraction of sp³-hybridized carbons (Fsp3) is 0.357. The summed E-state index contributed by atoms with van der Waals surface area (Å²) in [6.45, 7) is 2.02. The molecule has 1 unspecified atom stereocenters. The third-order valence-electron chi connectivity index (χ3n) is 3.33. The number of aryl methyl sites for hydroxylation is 2. The fourth-order valence-corrected chi connectivity index (χ4v) is 3.46. The number of anilines is 1. The first-order valence-electron chi connectivity index (χ1n) is 6.39. The predicted molar refractivity (Wildman–Crippen MR) is 75.2 cm³/mol. The Balaban J connectivity index is 1.69. The number of amides is 1. The number of rotatable bonds is 2. The average molecular weight is 273 g/mol. The van der Waals surface area contributed by atoms with Crippen LogP contribution in [0.15, 0.2) is 24.4 Å². The Kier molecular flexibility index (Phi) is 3.29. The fourth-order valence-electron chi connectivity index (χ4n) is 2.39. The average Bonchev–Trinajstić information content (AvgIpc) is 2.78. The maximum absolute atomic E-state index is 12.2. The summed E-state index contributed by atoms with van der Waals surface area (Å²) >= 11 is 1.71. The van der Waals surface area contributed by atoms with Crippen molar-refractivity contribution in [1.82, 2.24) is 9.97 Å². The van der Waals surface area contributed by atoms with E-state index in [1.165, 1.54) is 10.6 Å². The Bertz CT molecular complexity index is 594. The van der Waals surface area contributed by atoms with Crippen LogP contribution in [0.4, 0.5) is 5.82 Å². The molecule has 1 aliphatic rings. The lowest BCUT2D eigenvalue weighted by molar-refractivity contribution is -0.120. The molecule has 0 bridgehead atoms. The molecule has 1 amide bonds. The third kappa shape index (κ3) is 2.66. The number of nitrogens with one attached hydrogen (secondary N) is 1. The Hall–Kier alpha value is -1.75. The molecule has 0 saturated heterocycles. The topological polar surface area (TPSA) is 54.9 Å². The minimum atomic E-state index is 0.0364. The molecule has 5 heteroatoms.